The predicted octanol–water partition coefficient (Wildman–Crippen LogP) is 4.78. The van der Waals surface area contributed by atoms with Gasteiger partial charge in [-0.2, -0.15) is 5.10 Å². The number of nitrogens with one attached hydrogen (secondary N) is 1. The zero-order chi connectivity index (χ0) is 18.8. The van der Waals surface area contributed by atoms with Gasteiger partial charge >= 0.3 is 0 Å². The maximum Gasteiger partial charge on any atom is 0.277 e. The fraction of sp³-hybridized carbons (Fsp3) is 0.273. The third kappa shape index (κ3) is 6.55. The minimum Gasteiger partial charge on any atom is -0.484 e. The van der Waals surface area contributed by atoms with Crippen molar-refractivity contribution in [3.8, 4) is 5.75 Å². The molecule has 1 atom stereocenters. The van der Waals surface area contributed by atoms with E-state index in [1.807, 2.05) is 67.6 Å². The zero-order valence-corrected chi connectivity index (χ0v) is 15.6. The second-order valence-electron chi connectivity index (χ2n) is 6.26. The van der Waals surface area contributed by atoms with Gasteiger partial charge in [-0.1, -0.05) is 62.4 Å². The van der Waals surface area contributed by atoms with E-state index >= 15 is 0 Å². The molecule has 26 heavy (non-hydrogen) atoms. The molecule has 4 heteroatoms. The van der Waals surface area contributed by atoms with E-state index in [1.54, 1.807) is 6.21 Å². The molecule has 1 amide bonds. The van der Waals surface area contributed by atoms with Gasteiger partial charge in [0.15, 0.2) is 6.61 Å². The highest BCUT2D eigenvalue weighted by molar-refractivity contribution is 5.86. The number of hydrogen-bond donors (Lipinski definition) is 1. The molecule has 2 aromatic carbocycles. The Kier molecular flexibility index (Phi) is 7.62. The molecule has 0 heterocycles. The number of carbonyl (C=O) groups is 1. The van der Waals surface area contributed by atoms with Crippen LogP contribution >= 0.6 is 0 Å². The minimum absolute atomic E-state index is 0.0680. The average Bonchev–Trinajstić information content (AvgIpc) is 2.67. The fourth-order valence-corrected chi connectivity index (χ4v) is 2.36. The van der Waals surface area contributed by atoms with E-state index in [9.17, 15) is 4.79 Å². The number of nitrogens with zero attached hydrogens (tertiary/aromatic N) is 1. The van der Waals surface area contributed by atoms with Crippen LogP contribution in [0.3, 0.4) is 0 Å². The Morgan fingerprint density at radius 1 is 1.15 bits per heavy atom. The zero-order valence-electron chi connectivity index (χ0n) is 15.6. The molecule has 0 radical (unpaired) electrons. The molecular weight excluding hydrogens is 324 g/mol. The summed E-state index contributed by atoms with van der Waals surface area (Å²) in [7, 11) is 0. The van der Waals surface area contributed by atoms with Crippen molar-refractivity contribution in [1.29, 1.82) is 0 Å². The SMILES string of the molecule is CCC(C)c1ccc(OCC(=O)N/N=C/C(C)=C\c2ccccc2)cc1. The molecule has 2 aromatic rings. The summed E-state index contributed by atoms with van der Waals surface area (Å²) in [5, 5.41) is 3.96. The molecule has 0 fully saturated rings. The van der Waals surface area contributed by atoms with Crippen LogP contribution in [0.1, 0.15) is 44.2 Å². The van der Waals surface area contributed by atoms with Crippen molar-refractivity contribution in [3.63, 3.8) is 0 Å². The van der Waals surface area contributed by atoms with Crippen LogP contribution in [-0.4, -0.2) is 18.7 Å². The first kappa shape index (κ1) is 19.4. The lowest BCUT2D eigenvalue weighted by molar-refractivity contribution is -0.123. The largest absolute Gasteiger partial charge is 0.484 e. The summed E-state index contributed by atoms with van der Waals surface area (Å²) in [6, 6.07) is 17.8. The van der Waals surface area contributed by atoms with Gasteiger partial charge in [-0.25, -0.2) is 5.43 Å². The average molecular weight is 350 g/mol. The molecule has 1 unspecified atom stereocenters. The molecule has 0 spiro atoms. The van der Waals surface area contributed by atoms with Crippen molar-refractivity contribution in [2.24, 2.45) is 5.10 Å². The summed E-state index contributed by atoms with van der Waals surface area (Å²) < 4.78 is 5.49. The maximum absolute atomic E-state index is 11.8. The Hall–Kier alpha value is -2.88. The van der Waals surface area contributed by atoms with E-state index < -0.39 is 0 Å². The number of ether oxygens (including phenoxy) is 1. The Bertz CT molecular complexity index is 749. The minimum atomic E-state index is -0.292. The highest BCUT2D eigenvalue weighted by Crippen LogP contribution is 2.21. The first-order chi connectivity index (χ1) is 12.6. The predicted molar refractivity (Wildman–Crippen MR) is 107 cm³/mol. The normalized spacial score (nSPS) is 12.8. The van der Waals surface area contributed by atoms with Crippen LogP contribution in [0.25, 0.3) is 6.08 Å². The van der Waals surface area contributed by atoms with Crippen LogP contribution < -0.4 is 10.2 Å². The van der Waals surface area contributed by atoms with Crippen molar-refractivity contribution in [3.05, 3.63) is 71.3 Å². The lowest BCUT2D eigenvalue weighted by Gasteiger charge is -2.10. The second-order valence-corrected chi connectivity index (χ2v) is 6.26. The summed E-state index contributed by atoms with van der Waals surface area (Å²) >= 11 is 0. The van der Waals surface area contributed by atoms with Crippen LogP contribution in [0.4, 0.5) is 0 Å². The van der Waals surface area contributed by atoms with Crippen molar-refractivity contribution < 1.29 is 9.53 Å². The molecule has 1 N–H and O–H groups in total. The number of hydrogen-bond acceptors (Lipinski definition) is 3. The molecule has 4 nitrogen and oxygen atoms in total. The van der Waals surface area contributed by atoms with Crippen molar-refractivity contribution in [2.75, 3.05) is 6.61 Å². The maximum atomic E-state index is 11.8. The number of benzene rings is 2. The first-order valence-corrected chi connectivity index (χ1v) is 8.86. The van der Waals surface area contributed by atoms with Crippen molar-refractivity contribution in [2.45, 2.75) is 33.1 Å². The summed E-state index contributed by atoms with van der Waals surface area (Å²) in [6.45, 7) is 6.21. The lowest BCUT2D eigenvalue weighted by atomic mass is 9.99. The monoisotopic (exact) mass is 350 g/mol. The first-order valence-electron chi connectivity index (χ1n) is 8.86. The molecule has 0 saturated carbocycles. The van der Waals surface area contributed by atoms with Crippen LogP contribution in [0.15, 0.2) is 65.3 Å². The Labute approximate surface area is 155 Å². The summed E-state index contributed by atoms with van der Waals surface area (Å²) in [4.78, 5) is 11.8. The van der Waals surface area contributed by atoms with Crippen molar-refractivity contribution in [1.82, 2.24) is 5.43 Å². The number of carbonyl (C=O) groups excluding carboxylic acids is 1. The highest BCUT2D eigenvalue weighted by Gasteiger charge is 2.04. The molecule has 0 aliphatic rings. The molecule has 2 rings (SSSR count). The van der Waals surface area contributed by atoms with Gasteiger partial charge in [0, 0.05) is 0 Å². The van der Waals surface area contributed by atoms with Gasteiger partial charge in [-0.05, 0) is 48.1 Å². The van der Waals surface area contributed by atoms with Gasteiger partial charge in [0.05, 0.1) is 6.21 Å². The van der Waals surface area contributed by atoms with Crippen LogP contribution in [0, 0.1) is 0 Å². The summed E-state index contributed by atoms with van der Waals surface area (Å²) in [6.07, 6.45) is 4.70. The molecule has 0 aromatic heterocycles. The quantitative estimate of drug-likeness (QED) is 0.550. The van der Waals surface area contributed by atoms with Gasteiger partial charge < -0.3 is 4.74 Å². The van der Waals surface area contributed by atoms with Crippen LogP contribution in [-0.2, 0) is 4.79 Å². The fourth-order valence-electron chi connectivity index (χ4n) is 2.36. The smallest absolute Gasteiger partial charge is 0.277 e. The molecule has 0 aliphatic carbocycles. The van der Waals surface area contributed by atoms with Gasteiger partial charge in [0.2, 0.25) is 0 Å². The van der Waals surface area contributed by atoms with Crippen molar-refractivity contribution >= 4 is 18.2 Å². The molecule has 136 valence electrons. The summed E-state index contributed by atoms with van der Waals surface area (Å²) in [5.74, 6) is 0.907. The summed E-state index contributed by atoms with van der Waals surface area (Å²) in [5.41, 5.74) is 5.78. The van der Waals surface area contributed by atoms with Gasteiger partial charge in [-0.3, -0.25) is 4.79 Å². The van der Waals surface area contributed by atoms with Gasteiger partial charge in [0.25, 0.3) is 5.91 Å². The van der Waals surface area contributed by atoms with Crippen LogP contribution in [0.5, 0.6) is 5.75 Å². The van der Waals surface area contributed by atoms with E-state index in [0.717, 1.165) is 17.6 Å². The van der Waals surface area contributed by atoms with Gasteiger partial charge in [0.1, 0.15) is 5.75 Å². The lowest BCUT2D eigenvalue weighted by Crippen LogP contribution is -2.24. The number of amides is 1. The Balaban J connectivity index is 1.77. The topological polar surface area (TPSA) is 50.7 Å². The number of allylic oxidation sites excluding steroid dienone is 1. The number of rotatable bonds is 8. The van der Waals surface area contributed by atoms with Crippen LogP contribution in [0.2, 0.25) is 0 Å². The second kappa shape index (κ2) is 10.2. The Morgan fingerprint density at radius 3 is 2.50 bits per heavy atom. The van der Waals surface area contributed by atoms with E-state index in [1.165, 1.54) is 5.56 Å². The third-order valence-electron chi connectivity index (χ3n) is 4.08. The van der Waals surface area contributed by atoms with E-state index in [-0.39, 0.29) is 12.5 Å². The molecular formula is C22H26N2O2. The number of hydrazone groups is 1. The third-order valence-corrected chi connectivity index (χ3v) is 4.08. The standard InChI is InChI=1S/C22H26N2O2/c1-4-18(3)20-10-12-21(13-11-20)26-16-22(25)24-23-15-17(2)14-19-8-6-5-7-9-19/h5-15,18H,4,16H2,1-3H3,(H,24,25)/b17-14-,23-15+. The Morgan fingerprint density at radius 2 is 1.85 bits per heavy atom. The molecule has 0 saturated heterocycles. The molecule has 0 bridgehead atoms. The van der Waals surface area contributed by atoms with Gasteiger partial charge in [-0.15, -0.1) is 0 Å². The van der Waals surface area contributed by atoms with E-state index in [4.69, 9.17) is 4.74 Å². The highest BCUT2D eigenvalue weighted by atomic mass is 16.5. The van der Waals surface area contributed by atoms with E-state index in [2.05, 4.69) is 24.4 Å². The van der Waals surface area contributed by atoms with E-state index in [0.29, 0.717) is 11.7 Å². The molecule has 0 aliphatic heterocycles.